The van der Waals surface area contributed by atoms with Crippen molar-refractivity contribution in [3.63, 3.8) is 0 Å². The molecule has 106 valence electrons. The van der Waals surface area contributed by atoms with Crippen LogP contribution in [-0.4, -0.2) is 22.2 Å². The van der Waals surface area contributed by atoms with Crippen molar-refractivity contribution < 1.29 is 14.1 Å². The van der Waals surface area contributed by atoms with Crippen LogP contribution in [0.2, 0.25) is 0 Å². The van der Waals surface area contributed by atoms with Crippen molar-refractivity contribution in [3.8, 4) is 5.75 Å². The minimum atomic E-state index is -0.217. The van der Waals surface area contributed by atoms with Crippen LogP contribution in [0, 0.1) is 6.92 Å². The molecule has 0 aliphatic rings. The van der Waals surface area contributed by atoms with E-state index in [1.165, 1.54) is 0 Å². The van der Waals surface area contributed by atoms with Gasteiger partial charge in [-0.15, -0.1) is 0 Å². The second kappa shape index (κ2) is 6.18. The molecular formula is C14H17N3O3. The molecule has 0 atom stereocenters. The Morgan fingerprint density at radius 2 is 2.15 bits per heavy atom. The van der Waals surface area contributed by atoms with Crippen LogP contribution in [0.25, 0.3) is 0 Å². The number of carbonyl (C=O) groups excluding carboxylic acids is 1. The van der Waals surface area contributed by atoms with Gasteiger partial charge in [0.15, 0.2) is 5.82 Å². The molecule has 1 amide bonds. The zero-order valence-electron chi connectivity index (χ0n) is 11.7. The van der Waals surface area contributed by atoms with Crippen LogP contribution in [-0.2, 0) is 11.2 Å². The molecule has 0 bridgehead atoms. The van der Waals surface area contributed by atoms with Crippen LogP contribution in [0.1, 0.15) is 25.6 Å². The zero-order valence-corrected chi connectivity index (χ0v) is 11.7. The molecule has 1 aromatic carbocycles. The van der Waals surface area contributed by atoms with E-state index in [0.717, 1.165) is 0 Å². The molecule has 0 aliphatic heterocycles. The number of carbonyl (C=O) groups is 1. The highest BCUT2D eigenvalue weighted by Crippen LogP contribution is 2.24. The average molecular weight is 275 g/mol. The average Bonchev–Trinajstić information content (AvgIpc) is 2.76. The maximum atomic E-state index is 11.9. The molecule has 2 aromatic rings. The van der Waals surface area contributed by atoms with E-state index in [1.54, 1.807) is 13.0 Å². The summed E-state index contributed by atoms with van der Waals surface area (Å²) >= 11 is 0. The summed E-state index contributed by atoms with van der Waals surface area (Å²) < 4.78 is 10.5. The summed E-state index contributed by atoms with van der Waals surface area (Å²) in [6, 6.07) is 7.29. The highest BCUT2D eigenvalue weighted by molar-refractivity contribution is 5.93. The maximum absolute atomic E-state index is 11.9. The second-order valence-corrected chi connectivity index (χ2v) is 4.62. The number of nitrogens with one attached hydrogen (secondary N) is 1. The molecular weight excluding hydrogens is 258 g/mol. The predicted molar refractivity (Wildman–Crippen MR) is 73.6 cm³/mol. The van der Waals surface area contributed by atoms with Gasteiger partial charge >= 0.3 is 0 Å². The number of hydrogen-bond acceptors (Lipinski definition) is 5. The molecule has 1 aromatic heterocycles. The Bertz CT molecular complexity index is 593. The first kappa shape index (κ1) is 14.0. The smallest absolute Gasteiger partial charge is 0.232 e. The van der Waals surface area contributed by atoms with Crippen molar-refractivity contribution in [2.45, 2.75) is 33.3 Å². The minimum Gasteiger partial charge on any atom is -0.489 e. The molecule has 0 radical (unpaired) electrons. The number of amides is 1. The van der Waals surface area contributed by atoms with Gasteiger partial charge in [0.05, 0.1) is 18.2 Å². The van der Waals surface area contributed by atoms with Crippen molar-refractivity contribution in [3.05, 3.63) is 36.0 Å². The van der Waals surface area contributed by atoms with Gasteiger partial charge in [0.1, 0.15) is 5.75 Å². The molecule has 20 heavy (non-hydrogen) atoms. The third kappa shape index (κ3) is 3.81. The van der Waals surface area contributed by atoms with Gasteiger partial charge < -0.3 is 14.6 Å². The van der Waals surface area contributed by atoms with Gasteiger partial charge in [-0.2, -0.15) is 4.98 Å². The summed E-state index contributed by atoms with van der Waals surface area (Å²) in [6.45, 7) is 5.54. The van der Waals surface area contributed by atoms with E-state index in [0.29, 0.717) is 23.2 Å². The SMILES string of the molecule is Cc1nc(CC(=O)Nc2ccccc2OC(C)C)no1. The summed E-state index contributed by atoms with van der Waals surface area (Å²) in [6.07, 6.45) is 0.0980. The second-order valence-electron chi connectivity index (χ2n) is 4.62. The molecule has 6 heteroatoms. The standard InChI is InChI=1S/C14H17N3O3/c1-9(2)19-12-7-5-4-6-11(12)16-14(18)8-13-15-10(3)20-17-13/h4-7,9H,8H2,1-3H3,(H,16,18). The molecule has 0 saturated carbocycles. The lowest BCUT2D eigenvalue weighted by Crippen LogP contribution is -2.17. The monoisotopic (exact) mass is 275 g/mol. The van der Waals surface area contributed by atoms with Crippen LogP contribution in [0.5, 0.6) is 5.75 Å². The lowest BCUT2D eigenvalue weighted by atomic mass is 10.2. The van der Waals surface area contributed by atoms with E-state index in [9.17, 15) is 4.79 Å². The Morgan fingerprint density at radius 1 is 1.40 bits per heavy atom. The first-order valence-electron chi connectivity index (χ1n) is 6.39. The lowest BCUT2D eigenvalue weighted by Gasteiger charge is -2.14. The molecule has 1 N–H and O–H groups in total. The van der Waals surface area contributed by atoms with Crippen molar-refractivity contribution in [1.82, 2.24) is 10.1 Å². The van der Waals surface area contributed by atoms with Gasteiger partial charge in [-0.05, 0) is 26.0 Å². The topological polar surface area (TPSA) is 77.2 Å². The first-order valence-corrected chi connectivity index (χ1v) is 6.39. The number of nitrogens with zero attached hydrogens (tertiary/aromatic N) is 2. The zero-order chi connectivity index (χ0) is 14.5. The quantitative estimate of drug-likeness (QED) is 0.906. The number of ether oxygens (including phenoxy) is 1. The number of rotatable bonds is 5. The summed E-state index contributed by atoms with van der Waals surface area (Å²) in [5, 5.41) is 6.48. The first-order chi connectivity index (χ1) is 9.54. The van der Waals surface area contributed by atoms with Crippen molar-refractivity contribution in [2.24, 2.45) is 0 Å². The highest BCUT2D eigenvalue weighted by atomic mass is 16.5. The number of aromatic nitrogens is 2. The highest BCUT2D eigenvalue weighted by Gasteiger charge is 2.12. The third-order valence-electron chi connectivity index (χ3n) is 2.41. The van der Waals surface area contributed by atoms with Crippen LogP contribution in [0.3, 0.4) is 0 Å². The van der Waals surface area contributed by atoms with Gasteiger partial charge in [0.25, 0.3) is 0 Å². The molecule has 0 saturated heterocycles. The van der Waals surface area contributed by atoms with E-state index in [-0.39, 0.29) is 18.4 Å². The molecule has 1 heterocycles. The van der Waals surface area contributed by atoms with Crippen LogP contribution < -0.4 is 10.1 Å². The fraction of sp³-hybridized carbons (Fsp3) is 0.357. The summed E-state index contributed by atoms with van der Waals surface area (Å²) in [5.41, 5.74) is 0.631. The Kier molecular flexibility index (Phi) is 4.34. The van der Waals surface area contributed by atoms with Crippen LogP contribution in [0.15, 0.2) is 28.8 Å². The Labute approximate surface area is 117 Å². The summed E-state index contributed by atoms with van der Waals surface area (Å²) in [4.78, 5) is 15.9. The fourth-order valence-corrected chi connectivity index (χ4v) is 1.68. The van der Waals surface area contributed by atoms with Gasteiger partial charge in [0, 0.05) is 6.92 Å². The van der Waals surface area contributed by atoms with E-state index in [2.05, 4.69) is 15.5 Å². The largest absolute Gasteiger partial charge is 0.489 e. The number of benzene rings is 1. The molecule has 0 spiro atoms. The van der Waals surface area contributed by atoms with Crippen molar-refractivity contribution in [2.75, 3.05) is 5.32 Å². The number of anilines is 1. The van der Waals surface area contributed by atoms with Crippen molar-refractivity contribution >= 4 is 11.6 Å². The number of para-hydroxylation sites is 2. The Morgan fingerprint density at radius 3 is 2.80 bits per heavy atom. The van der Waals surface area contributed by atoms with E-state index >= 15 is 0 Å². The maximum Gasteiger partial charge on any atom is 0.232 e. The van der Waals surface area contributed by atoms with Crippen molar-refractivity contribution in [1.29, 1.82) is 0 Å². The van der Waals surface area contributed by atoms with Crippen LogP contribution >= 0.6 is 0 Å². The van der Waals surface area contributed by atoms with Gasteiger partial charge in [-0.25, -0.2) is 0 Å². The molecule has 2 rings (SSSR count). The number of aryl methyl sites for hydroxylation is 1. The minimum absolute atomic E-state index is 0.0351. The van der Waals surface area contributed by atoms with Gasteiger partial charge in [-0.3, -0.25) is 4.79 Å². The molecule has 0 unspecified atom stereocenters. The number of hydrogen-bond donors (Lipinski definition) is 1. The van der Waals surface area contributed by atoms with Gasteiger partial charge in [-0.1, -0.05) is 17.3 Å². The van der Waals surface area contributed by atoms with Crippen LogP contribution in [0.4, 0.5) is 5.69 Å². The lowest BCUT2D eigenvalue weighted by molar-refractivity contribution is -0.115. The fourth-order valence-electron chi connectivity index (χ4n) is 1.68. The Hall–Kier alpha value is -2.37. The summed E-state index contributed by atoms with van der Waals surface area (Å²) in [5.74, 6) is 1.23. The normalized spacial score (nSPS) is 10.6. The molecule has 6 nitrogen and oxygen atoms in total. The summed E-state index contributed by atoms with van der Waals surface area (Å²) in [7, 11) is 0. The third-order valence-corrected chi connectivity index (χ3v) is 2.41. The Balaban J connectivity index is 2.04. The van der Waals surface area contributed by atoms with E-state index in [1.807, 2.05) is 32.0 Å². The van der Waals surface area contributed by atoms with E-state index in [4.69, 9.17) is 9.26 Å². The molecule has 0 fully saturated rings. The van der Waals surface area contributed by atoms with Gasteiger partial charge in [0.2, 0.25) is 11.8 Å². The van der Waals surface area contributed by atoms with E-state index < -0.39 is 0 Å². The predicted octanol–water partition coefficient (Wildman–Crippen LogP) is 2.35. The molecule has 0 aliphatic carbocycles.